The van der Waals surface area contributed by atoms with Crippen LogP contribution in [0.2, 0.25) is 0 Å². The SMILES string of the molecule is CC1(C)C(=O)[C@@]2(C(=O)Nc3ccccc3C(F)(F)F)CC[C@H]1C2. The fourth-order valence-electron chi connectivity index (χ4n) is 4.06. The number of fused-ring (bicyclic) bond motifs is 2. The molecule has 2 aliphatic rings. The normalized spacial score (nSPS) is 28.9. The van der Waals surface area contributed by atoms with Crippen LogP contribution in [0.1, 0.15) is 38.7 Å². The number of halogens is 3. The van der Waals surface area contributed by atoms with Crippen molar-refractivity contribution >= 4 is 17.4 Å². The Morgan fingerprint density at radius 1 is 1.26 bits per heavy atom. The van der Waals surface area contributed by atoms with E-state index >= 15 is 0 Å². The zero-order valence-electron chi connectivity index (χ0n) is 13.0. The molecule has 2 fully saturated rings. The van der Waals surface area contributed by atoms with E-state index in [-0.39, 0.29) is 17.4 Å². The van der Waals surface area contributed by atoms with Gasteiger partial charge >= 0.3 is 6.18 Å². The van der Waals surface area contributed by atoms with E-state index in [1.165, 1.54) is 18.2 Å². The molecule has 2 aliphatic carbocycles. The second-order valence-corrected chi connectivity index (χ2v) is 7.07. The Morgan fingerprint density at radius 2 is 1.91 bits per heavy atom. The van der Waals surface area contributed by atoms with Crippen molar-refractivity contribution in [1.82, 2.24) is 0 Å². The number of ketones is 1. The maximum Gasteiger partial charge on any atom is 0.418 e. The standard InChI is InChI=1S/C17H18F3NO2/c1-15(2)10-7-8-16(9-10,13(15)22)14(23)21-12-6-4-3-5-11(12)17(18,19)20/h3-6,10H,7-9H2,1-2H3,(H,21,23)/t10-,16+/m0/s1. The highest BCUT2D eigenvalue weighted by molar-refractivity contribution is 6.15. The molecule has 1 amide bonds. The summed E-state index contributed by atoms with van der Waals surface area (Å²) in [5.74, 6) is -0.630. The van der Waals surface area contributed by atoms with Crippen LogP contribution in [-0.4, -0.2) is 11.7 Å². The first kappa shape index (κ1) is 16.0. The van der Waals surface area contributed by atoms with E-state index in [1.807, 2.05) is 13.8 Å². The van der Waals surface area contributed by atoms with Crippen LogP contribution < -0.4 is 5.32 Å². The minimum Gasteiger partial charge on any atom is -0.325 e. The van der Waals surface area contributed by atoms with Crippen LogP contribution in [0, 0.1) is 16.7 Å². The average molecular weight is 325 g/mol. The fraction of sp³-hybridized carbons (Fsp3) is 0.529. The lowest BCUT2D eigenvalue weighted by molar-refractivity contribution is -0.142. The van der Waals surface area contributed by atoms with Gasteiger partial charge in [0.1, 0.15) is 5.41 Å². The van der Waals surface area contributed by atoms with Gasteiger partial charge in [-0.3, -0.25) is 9.59 Å². The van der Waals surface area contributed by atoms with Crippen LogP contribution in [-0.2, 0) is 15.8 Å². The molecule has 6 heteroatoms. The first-order valence-electron chi connectivity index (χ1n) is 7.61. The zero-order valence-corrected chi connectivity index (χ0v) is 13.0. The van der Waals surface area contributed by atoms with E-state index in [9.17, 15) is 22.8 Å². The Balaban J connectivity index is 1.91. The molecule has 0 saturated heterocycles. The Hall–Kier alpha value is -1.85. The van der Waals surface area contributed by atoms with E-state index in [0.29, 0.717) is 12.8 Å². The molecule has 3 rings (SSSR count). The molecule has 3 nitrogen and oxygen atoms in total. The Labute approximate surface area is 132 Å². The van der Waals surface area contributed by atoms with Crippen molar-refractivity contribution in [2.24, 2.45) is 16.7 Å². The van der Waals surface area contributed by atoms with Gasteiger partial charge in [-0.2, -0.15) is 13.2 Å². The summed E-state index contributed by atoms with van der Waals surface area (Å²) in [4.78, 5) is 25.3. The van der Waals surface area contributed by atoms with Gasteiger partial charge in [0.05, 0.1) is 11.3 Å². The van der Waals surface area contributed by atoms with Crippen molar-refractivity contribution in [3.63, 3.8) is 0 Å². The molecule has 0 spiro atoms. The maximum atomic E-state index is 13.0. The molecule has 0 aliphatic heterocycles. The average Bonchev–Trinajstić information content (AvgIpc) is 2.99. The van der Waals surface area contributed by atoms with Crippen molar-refractivity contribution < 1.29 is 22.8 Å². The van der Waals surface area contributed by atoms with Gasteiger partial charge in [-0.1, -0.05) is 26.0 Å². The summed E-state index contributed by atoms with van der Waals surface area (Å²) in [7, 11) is 0. The van der Waals surface area contributed by atoms with Gasteiger partial charge in [-0.05, 0) is 37.3 Å². The molecular weight excluding hydrogens is 307 g/mol. The largest absolute Gasteiger partial charge is 0.418 e. The molecule has 1 N–H and O–H groups in total. The van der Waals surface area contributed by atoms with Gasteiger partial charge in [0.15, 0.2) is 5.78 Å². The van der Waals surface area contributed by atoms with Crippen molar-refractivity contribution in [3.05, 3.63) is 29.8 Å². The molecule has 2 atom stereocenters. The number of carbonyl (C=O) groups is 2. The van der Waals surface area contributed by atoms with Gasteiger partial charge in [-0.15, -0.1) is 0 Å². The third-order valence-corrected chi connectivity index (χ3v) is 5.47. The smallest absolute Gasteiger partial charge is 0.325 e. The van der Waals surface area contributed by atoms with Gasteiger partial charge in [0.2, 0.25) is 5.91 Å². The van der Waals surface area contributed by atoms with Gasteiger partial charge in [-0.25, -0.2) is 0 Å². The first-order chi connectivity index (χ1) is 10.6. The fourth-order valence-corrected chi connectivity index (χ4v) is 4.06. The molecule has 0 radical (unpaired) electrons. The van der Waals surface area contributed by atoms with Crippen molar-refractivity contribution in [1.29, 1.82) is 0 Å². The molecule has 0 heterocycles. The third kappa shape index (κ3) is 2.26. The lowest BCUT2D eigenvalue weighted by Gasteiger charge is -2.32. The summed E-state index contributed by atoms with van der Waals surface area (Å²) in [6.45, 7) is 3.63. The topological polar surface area (TPSA) is 46.2 Å². The summed E-state index contributed by atoms with van der Waals surface area (Å²) in [5.41, 5.74) is -2.95. The molecule has 2 bridgehead atoms. The number of carbonyl (C=O) groups excluding carboxylic acids is 2. The minimum absolute atomic E-state index is 0.124. The maximum absolute atomic E-state index is 13.0. The van der Waals surface area contributed by atoms with Crippen LogP contribution in [0.4, 0.5) is 18.9 Å². The number of alkyl halides is 3. The predicted molar refractivity (Wildman–Crippen MR) is 78.6 cm³/mol. The van der Waals surface area contributed by atoms with E-state index in [2.05, 4.69) is 5.32 Å². The van der Waals surface area contributed by atoms with E-state index in [1.54, 1.807) is 0 Å². The second-order valence-electron chi connectivity index (χ2n) is 7.07. The molecular formula is C17H18F3NO2. The van der Waals surface area contributed by atoms with Crippen LogP contribution in [0.5, 0.6) is 0 Å². The van der Waals surface area contributed by atoms with E-state index in [0.717, 1.165) is 12.5 Å². The van der Waals surface area contributed by atoms with E-state index in [4.69, 9.17) is 0 Å². The van der Waals surface area contributed by atoms with Crippen molar-refractivity contribution in [2.45, 2.75) is 39.3 Å². The van der Waals surface area contributed by atoms with Crippen LogP contribution in [0.25, 0.3) is 0 Å². The monoisotopic (exact) mass is 325 g/mol. The van der Waals surface area contributed by atoms with Crippen molar-refractivity contribution in [2.75, 3.05) is 5.32 Å². The molecule has 2 saturated carbocycles. The number of hydrogen-bond acceptors (Lipinski definition) is 2. The van der Waals surface area contributed by atoms with Crippen molar-refractivity contribution in [3.8, 4) is 0 Å². The first-order valence-corrected chi connectivity index (χ1v) is 7.61. The molecule has 23 heavy (non-hydrogen) atoms. The quantitative estimate of drug-likeness (QED) is 0.834. The summed E-state index contributed by atoms with van der Waals surface area (Å²) < 4.78 is 39.1. The Morgan fingerprint density at radius 3 is 2.48 bits per heavy atom. The number of amides is 1. The van der Waals surface area contributed by atoms with E-state index < -0.39 is 28.5 Å². The van der Waals surface area contributed by atoms with Crippen LogP contribution in [0.3, 0.4) is 0 Å². The molecule has 0 unspecified atom stereocenters. The predicted octanol–water partition coefficient (Wildman–Crippen LogP) is 4.04. The third-order valence-electron chi connectivity index (χ3n) is 5.47. The Kier molecular flexibility index (Phi) is 3.36. The Bertz CT molecular complexity index is 681. The molecule has 0 aromatic heterocycles. The number of rotatable bonds is 2. The number of anilines is 1. The summed E-state index contributed by atoms with van der Waals surface area (Å²) in [5, 5.41) is 2.37. The highest BCUT2D eigenvalue weighted by Crippen LogP contribution is 2.60. The summed E-state index contributed by atoms with van der Waals surface area (Å²) in [6.07, 6.45) is -2.95. The van der Waals surface area contributed by atoms with Gasteiger partial charge in [0, 0.05) is 5.41 Å². The van der Waals surface area contributed by atoms with Crippen LogP contribution in [0.15, 0.2) is 24.3 Å². The van der Waals surface area contributed by atoms with Crippen LogP contribution >= 0.6 is 0 Å². The lowest BCUT2D eigenvalue weighted by atomic mass is 9.70. The summed E-state index contributed by atoms with van der Waals surface area (Å²) in [6, 6.07) is 4.84. The van der Waals surface area contributed by atoms with Gasteiger partial charge < -0.3 is 5.32 Å². The number of Topliss-reactive ketones (excluding diaryl/α,β-unsaturated/α-hetero) is 1. The second kappa shape index (κ2) is 4.82. The number of nitrogens with one attached hydrogen (secondary N) is 1. The highest BCUT2D eigenvalue weighted by atomic mass is 19.4. The minimum atomic E-state index is -4.56. The molecule has 124 valence electrons. The van der Waals surface area contributed by atoms with Gasteiger partial charge in [0.25, 0.3) is 0 Å². The number of benzene rings is 1. The molecule has 1 aromatic rings. The lowest BCUT2D eigenvalue weighted by Crippen LogP contribution is -2.44. The summed E-state index contributed by atoms with van der Waals surface area (Å²) >= 11 is 0. The molecule has 1 aromatic carbocycles. The zero-order chi connectivity index (χ0) is 17.0. The highest BCUT2D eigenvalue weighted by Gasteiger charge is 2.65. The number of para-hydroxylation sites is 1. The number of hydrogen-bond donors (Lipinski definition) is 1.